The molecule has 0 saturated carbocycles. The minimum Gasteiger partial charge on any atom is -0.479 e. The Kier molecular flexibility index (Phi) is 10.5. The number of aliphatic carboxylic acids is 1. The lowest BCUT2D eigenvalue weighted by Gasteiger charge is -2.41. The van der Waals surface area contributed by atoms with E-state index >= 15 is 0 Å². The number of ether oxygens (including phenoxy) is 1. The zero-order chi connectivity index (χ0) is 33.1. The van der Waals surface area contributed by atoms with E-state index in [2.05, 4.69) is 49.7 Å². The minimum atomic E-state index is -1.32. The number of ketones is 1. The largest absolute Gasteiger partial charge is 0.479 e. The van der Waals surface area contributed by atoms with Gasteiger partial charge in [-0.1, -0.05) is 35.0 Å². The summed E-state index contributed by atoms with van der Waals surface area (Å²) in [5, 5.41) is 17.5. The first-order chi connectivity index (χ1) is 21.1. The van der Waals surface area contributed by atoms with Crippen LogP contribution in [0.1, 0.15) is 86.8 Å². The maximum absolute atomic E-state index is 13.4. The summed E-state index contributed by atoms with van der Waals surface area (Å²) in [7, 11) is 0. The molecule has 1 unspecified atom stereocenters. The van der Waals surface area contributed by atoms with Crippen LogP contribution in [0.2, 0.25) is 0 Å². The molecule has 1 fully saturated rings. The van der Waals surface area contributed by atoms with Crippen LogP contribution in [0.3, 0.4) is 0 Å². The van der Waals surface area contributed by atoms with E-state index in [1.165, 1.54) is 28.8 Å². The number of aromatic nitrogens is 3. The number of hydrogen-bond acceptors (Lipinski definition) is 7. The number of halogens is 2. The van der Waals surface area contributed by atoms with Gasteiger partial charge in [-0.25, -0.2) is 14.2 Å². The van der Waals surface area contributed by atoms with E-state index in [1.54, 1.807) is 27.7 Å². The minimum absolute atomic E-state index is 0.00556. The van der Waals surface area contributed by atoms with Gasteiger partial charge in [0.15, 0.2) is 23.2 Å². The SMILES string of the molecule is C=CCCC1(C)CCN(c2c(C(OC(C)(C)C)C(=O)O)c(C)nc3cc(C(=O)NCC(=O)Cc4ccc(F)cc4Br)nn23)CC1. The molecule has 4 rings (SSSR count). The second kappa shape index (κ2) is 13.8. The Hall–Kier alpha value is -3.64. The highest BCUT2D eigenvalue weighted by Gasteiger charge is 2.37. The smallest absolute Gasteiger partial charge is 0.337 e. The average molecular weight is 687 g/mol. The first-order valence-electron chi connectivity index (χ1n) is 15.0. The lowest BCUT2D eigenvalue weighted by atomic mass is 9.76. The highest BCUT2D eigenvalue weighted by molar-refractivity contribution is 9.10. The molecule has 0 aliphatic carbocycles. The van der Waals surface area contributed by atoms with Gasteiger partial charge in [0, 0.05) is 35.7 Å². The molecule has 2 N–H and O–H groups in total. The fourth-order valence-electron chi connectivity index (χ4n) is 5.59. The van der Waals surface area contributed by atoms with Gasteiger partial charge in [-0.15, -0.1) is 6.58 Å². The Morgan fingerprint density at radius 3 is 2.53 bits per heavy atom. The predicted molar refractivity (Wildman–Crippen MR) is 173 cm³/mol. The Labute approximate surface area is 271 Å². The topological polar surface area (TPSA) is 126 Å². The Bertz CT molecular complexity index is 1610. The zero-order valence-electron chi connectivity index (χ0n) is 26.5. The summed E-state index contributed by atoms with van der Waals surface area (Å²) >= 11 is 3.26. The van der Waals surface area contributed by atoms with E-state index in [0.29, 0.717) is 45.8 Å². The highest BCUT2D eigenvalue weighted by atomic mass is 79.9. The van der Waals surface area contributed by atoms with Crippen molar-refractivity contribution in [3.8, 4) is 0 Å². The molecule has 45 heavy (non-hydrogen) atoms. The molecule has 242 valence electrons. The quantitative estimate of drug-likeness (QED) is 0.223. The number of allylic oxidation sites excluding steroid dienone is 1. The third kappa shape index (κ3) is 8.35. The van der Waals surface area contributed by atoms with Gasteiger partial charge in [0.1, 0.15) is 11.6 Å². The van der Waals surface area contributed by atoms with E-state index < -0.39 is 29.4 Å². The molecular formula is C33H41BrFN5O5. The maximum Gasteiger partial charge on any atom is 0.337 e. The van der Waals surface area contributed by atoms with Crippen molar-refractivity contribution in [2.45, 2.75) is 78.4 Å². The van der Waals surface area contributed by atoms with E-state index in [-0.39, 0.29) is 29.9 Å². The van der Waals surface area contributed by atoms with E-state index in [0.717, 1.165) is 25.7 Å². The summed E-state index contributed by atoms with van der Waals surface area (Å²) in [5.41, 5.74) is 1.21. The van der Waals surface area contributed by atoms with Gasteiger partial charge in [-0.2, -0.15) is 9.61 Å². The monoisotopic (exact) mass is 685 g/mol. The number of carboxylic acids is 1. The van der Waals surface area contributed by atoms with Crippen LogP contribution in [0.5, 0.6) is 0 Å². The number of carbonyl (C=O) groups excluding carboxylic acids is 2. The van der Waals surface area contributed by atoms with Crippen molar-refractivity contribution in [3.63, 3.8) is 0 Å². The van der Waals surface area contributed by atoms with E-state index in [4.69, 9.17) is 4.74 Å². The van der Waals surface area contributed by atoms with Gasteiger partial charge < -0.3 is 20.1 Å². The summed E-state index contributed by atoms with van der Waals surface area (Å²) in [4.78, 5) is 45.2. The summed E-state index contributed by atoms with van der Waals surface area (Å²) in [6, 6.07) is 5.60. The summed E-state index contributed by atoms with van der Waals surface area (Å²) in [6.07, 6.45) is 4.29. The number of carbonyl (C=O) groups is 3. The molecule has 3 aromatic rings. The number of nitrogens with zero attached hydrogens (tertiary/aromatic N) is 4. The number of hydrogen-bond donors (Lipinski definition) is 2. The molecule has 2 aromatic heterocycles. The summed E-state index contributed by atoms with van der Waals surface area (Å²) in [6.45, 7) is 14.3. The van der Waals surface area contributed by atoms with Gasteiger partial charge in [0.2, 0.25) is 0 Å². The molecule has 1 atom stereocenters. The highest BCUT2D eigenvalue weighted by Crippen LogP contribution is 2.40. The lowest BCUT2D eigenvalue weighted by molar-refractivity contribution is -0.160. The van der Waals surface area contributed by atoms with Crippen LogP contribution in [0.25, 0.3) is 5.65 Å². The summed E-state index contributed by atoms with van der Waals surface area (Å²) < 4.78 is 21.5. The van der Waals surface area contributed by atoms with Crippen molar-refractivity contribution < 1.29 is 28.6 Å². The van der Waals surface area contributed by atoms with Gasteiger partial charge in [0.25, 0.3) is 5.91 Å². The van der Waals surface area contributed by atoms with Crippen molar-refractivity contribution in [2.75, 3.05) is 24.5 Å². The predicted octanol–water partition coefficient (Wildman–Crippen LogP) is 5.99. The molecule has 1 aromatic carbocycles. The number of nitrogens with one attached hydrogen (secondary N) is 1. The van der Waals surface area contributed by atoms with Crippen LogP contribution >= 0.6 is 15.9 Å². The van der Waals surface area contributed by atoms with Crippen LogP contribution in [0.4, 0.5) is 10.2 Å². The van der Waals surface area contributed by atoms with Gasteiger partial charge in [0.05, 0.1) is 17.7 Å². The number of benzene rings is 1. The van der Waals surface area contributed by atoms with Gasteiger partial charge in [-0.05, 0) is 76.5 Å². The number of Topliss-reactive ketones (excluding diaryl/α,β-unsaturated/α-hetero) is 1. The molecular weight excluding hydrogens is 645 g/mol. The number of anilines is 1. The van der Waals surface area contributed by atoms with Crippen molar-refractivity contribution in [1.29, 1.82) is 0 Å². The van der Waals surface area contributed by atoms with Crippen LogP contribution in [-0.4, -0.2) is 62.6 Å². The van der Waals surface area contributed by atoms with Crippen LogP contribution in [0, 0.1) is 18.2 Å². The second-order valence-corrected chi connectivity index (χ2v) is 13.8. The molecule has 1 amide bonds. The van der Waals surface area contributed by atoms with Crippen molar-refractivity contribution in [3.05, 3.63) is 69.7 Å². The molecule has 1 saturated heterocycles. The molecule has 3 heterocycles. The molecule has 0 radical (unpaired) electrons. The fourth-order valence-corrected chi connectivity index (χ4v) is 6.08. The Morgan fingerprint density at radius 2 is 1.93 bits per heavy atom. The van der Waals surface area contributed by atoms with E-state index in [1.807, 2.05) is 6.08 Å². The van der Waals surface area contributed by atoms with Gasteiger partial charge in [-0.3, -0.25) is 9.59 Å². The average Bonchev–Trinajstić information content (AvgIpc) is 3.38. The van der Waals surface area contributed by atoms with Gasteiger partial charge >= 0.3 is 5.97 Å². The Balaban J connectivity index is 1.67. The third-order valence-corrected chi connectivity index (χ3v) is 8.80. The van der Waals surface area contributed by atoms with Crippen molar-refractivity contribution >= 4 is 45.1 Å². The zero-order valence-corrected chi connectivity index (χ0v) is 28.0. The first-order valence-corrected chi connectivity index (χ1v) is 15.8. The van der Waals surface area contributed by atoms with Crippen molar-refractivity contribution in [1.82, 2.24) is 19.9 Å². The molecule has 1 aliphatic heterocycles. The maximum atomic E-state index is 13.4. The van der Waals surface area contributed by atoms with Crippen LogP contribution < -0.4 is 10.2 Å². The summed E-state index contributed by atoms with van der Waals surface area (Å²) in [5.74, 6) is -1.90. The van der Waals surface area contributed by atoms with Crippen LogP contribution in [0.15, 0.2) is 41.4 Å². The molecule has 0 bridgehead atoms. The number of piperidine rings is 1. The Morgan fingerprint density at radius 1 is 1.24 bits per heavy atom. The number of amides is 1. The molecule has 0 spiro atoms. The fraction of sp³-hybridized carbons (Fsp3) is 0.485. The molecule has 12 heteroatoms. The van der Waals surface area contributed by atoms with Crippen LogP contribution in [-0.2, 0) is 20.7 Å². The molecule has 1 aliphatic rings. The normalized spacial score (nSPS) is 15.6. The number of rotatable bonds is 12. The number of aryl methyl sites for hydroxylation is 1. The first kappa shape index (κ1) is 34.2. The number of fused-ring (bicyclic) bond motifs is 1. The second-order valence-electron chi connectivity index (χ2n) is 12.9. The van der Waals surface area contributed by atoms with Crippen molar-refractivity contribution in [2.24, 2.45) is 5.41 Å². The lowest BCUT2D eigenvalue weighted by Crippen LogP contribution is -2.41. The molecule has 10 nitrogen and oxygen atoms in total. The number of carboxylic acid groups (broad SMARTS) is 1. The standard InChI is InChI=1S/C33H41BrFN5O5/c1-7-8-11-33(6)12-14-39(15-13-33)30-27(28(31(43)44)45-32(3,4)5)20(2)37-26-18-25(38-40(26)30)29(42)36-19-23(41)16-21-9-10-22(35)17-24(21)34/h7,9-10,17-18,28H,1,8,11-16,19H2,2-6H3,(H,36,42)(H,43,44). The van der Waals surface area contributed by atoms with E-state index in [9.17, 15) is 23.9 Å². The third-order valence-electron chi connectivity index (χ3n) is 8.07.